The quantitative estimate of drug-likeness (QED) is 0.782. The van der Waals surface area contributed by atoms with Crippen LogP contribution in [0.5, 0.6) is 0 Å². The van der Waals surface area contributed by atoms with Crippen LogP contribution in [0.4, 0.5) is 0 Å². The first-order valence-electron chi connectivity index (χ1n) is 8.10. The van der Waals surface area contributed by atoms with Gasteiger partial charge in [-0.25, -0.2) is 0 Å². The van der Waals surface area contributed by atoms with Gasteiger partial charge in [-0.2, -0.15) is 0 Å². The maximum Gasteiger partial charge on any atom is 0.0216 e. The van der Waals surface area contributed by atoms with E-state index in [0.29, 0.717) is 5.92 Å². The Morgan fingerprint density at radius 1 is 1.25 bits per heavy atom. The van der Waals surface area contributed by atoms with Crippen molar-refractivity contribution in [2.75, 3.05) is 6.54 Å². The van der Waals surface area contributed by atoms with Crippen molar-refractivity contribution in [3.63, 3.8) is 0 Å². The van der Waals surface area contributed by atoms with Gasteiger partial charge in [-0.3, -0.25) is 0 Å². The highest BCUT2D eigenvalue weighted by Crippen LogP contribution is 2.37. The minimum atomic E-state index is 0.717. The zero-order valence-electron chi connectivity index (χ0n) is 13.2. The standard InChI is InChI=1S/C18H29NS/c1-14(2)12-19-13-16-8-4-5-10-18(16)20-17-9-6-7-15(3)11-17/h4-5,8,10,14-15,17,19H,6-7,9,11-13H2,1-3H3. The van der Waals surface area contributed by atoms with Crippen molar-refractivity contribution in [2.45, 2.75) is 63.1 Å². The van der Waals surface area contributed by atoms with Crippen LogP contribution < -0.4 is 5.32 Å². The number of thioether (sulfide) groups is 1. The number of nitrogens with one attached hydrogen (secondary N) is 1. The number of benzene rings is 1. The van der Waals surface area contributed by atoms with E-state index in [1.165, 1.54) is 36.1 Å². The molecule has 0 saturated heterocycles. The fraction of sp³-hybridized carbons (Fsp3) is 0.667. The molecule has 1 aliphatic carbocycles. The Kier molecular flexibility index (Phi) is 6.44. The molecule has 0 bridgehead atoms. The summed E-state index contributed by atoms with van der Waals surface area (Å²) in [4.78, 5) is 1.49. The summed E-state index contributed by atoms with van der Waals surface area (Å²) >= 11 is 2.11. The van der Waals surface area contributed by atoms with E-state index in [1.807, 2.05) is 0 Å². The molecular weight excluding hydrogens is 262 g/mol. The Bertz CT molecular complexity index is 402. The molecule has 1 aromatic carbocycles. The van der Waals surface area contributed by atoms with Gasteiger partial charge in [-0.05, 0) is 42.9 Å². The van der Waals surface area contributed by atoms with Crippen LogP contribution in [0.15, 0.2) is 29.2 Å². The van der Waals surface area contributed by atoms with E-state index in [1.54, 1.807) is 0 Å². The molecule has 0 heterocycles. The molecule has 2 unspecified atom stereocenters. The van der Waals surface area contributed by atoms with Crippen LogP contribution in [-0.2, 0) is 6.54 Å². The second kappa shape index (κ2) is 8.09. The fourth-order valence-corrected chi connectivity index (χ4v) is 4.44. The molecule has 2 heteroatoms. The maximum absolute atomic E-state index is 3.57. The lowest BCUT2D eigenvalue weighted by Gasteiger charge is -2.27. The molecule has 1 nitrogen and oxygen atoms in total. The predicted octanol–water partition coefficient (Wildman–Crippen LogP) is 5.10. The van der Waals surface area contributed by atoms with Crippen molar-refractivity contribution in [3.8, 4) is 0 Å². The monoisotopic (exact) mass is 291 g/mol. The Hall–Kier alpha value is -0.470. The summed E-state index contributed by atoms with van der Waals surface area (Å²) in [6, 6.07) is 8.93. The lowest BCUT2D eigenvalue weighted by atomic mass is 9.91. The average Bonchev–Trinajstić information content (AvgIpc) is 2.40. The average molecular weight is 292 g/mol. The number of hydrogen-bond acceptors (Lipinski definition) is 2. The van der Waals surface area contributed by atoms with Crippen molar-refractivity contribution < 1.29 is 0 Å². The second-order valence-corrected chi connectivity index (χ2v) is 7.99. The highest BCUT2D eigenvalue weighted by atomic mass is 32.2. The minimum Gasteiger partial charge on any atom is -0.312 e. The zero-order chi connectivity index (χ0) is 14.4. The largest absolute Gasteiger partial charge is 0.312 e. The Morgan fingerprint density at radius 2 is 2.05 bits per heavy atom. The van der Waals surface area contributed by atoms with Gasteiger partial charge in [-0.1, -0.05) is 51.8 Å². The van der Waals surface area contributed by atoms with E-state index in [0.717, 1.165) is 24.3 Å². The molecule has 0 amide bonds. The van der Waals surface area contributed by atoms with Crippen molar-refractivity contribution in [2.24, 2.45) is 11.8 Å². The molecular formula is C18H29NS. The summed E-state index contributed by atoms with van der Waals surface area (Å²) in [6.45, 7) is 9.03. The van der Waals surface area contributed by atoms with Crippen LogP contribution in [0.25, 0.3) is 0 Å². The van der Waals surface area contributed by atoms with Gasteiger partial charge in [-0.15, -0.1) is 11.8 Å². The molecule has 1 N–H and O–H groups in total. The summed E-state index contributed by atoms with van der Waals surface area (Å²) in [7, 11) is 0. The van der Waals surface area contributed by atoms with E-state index in [9.17, 15) is 0 Å². The molecule has 20 heavy (non-hydrogen) atoms. The van der Waals surface area contributed by atoms with Crippen molar-refractivity contribution in [1.29, 1.82) is 0 Å². The molecule has 1 aliphatic rings. The molecule has 0 spiro atoms. The third-order valence-corrected chi connectivity index (χ3v) is 5.44. The minimum absolute atomic E-state index is 0.717. The first-order valence-corrected chi connectivity index (χ1v) is 8.98. The predicted molar refractivity (Wildman–Crippen MR) is 90.3 cm³/mol. The van der Waals surface area contributed by atoms with Crippen LogP contribution in [0.2, 0.25) is 0 Å². The van der Waals surface area contributed by atoms with Crippen LogP contribution in [-0.4, -0.2) is 11.8 Å². The highest BCUT2D eigenvalue weighted by Gasteiger charge is 2.20. The van der Waals surface area contributed by atoms with Crippen LogP contribution in [0, 0.1) is 11.8 Å². The maximum atomic E-state index is 3.57. The third kappa shape index (κ3) is 5.14. The van der Waals surface area contributed by atoms with E-state index < -0.39 is 0 Å². The summed E-state index contributed by atoms with van der Waals surface area (Å²) in [5, 5.41) is 4.40. The fourth-order valence-electron chi connectivity index (χ4n) is 2.93. The topological polar surface area (TPSA) is 12.0 Å². The zero-order valence-corrected chi connectivity index (χ0v) is 14.0. The van der Waals surface area contributed by atoms with Gasteiger partial charge in [0.05, 0.1) is 0 Å². The Labute approximate surface area is 128 Å². The van der Waals surface area contributed by atoms with Crippen molar-refractivity contribution in [3.05, 3.63) is 29.8 Å². The van der Waals surface area contributed by atoms with Crippen LogP contribution in [0.3, 0.4) is 0 Å². The SMILES string of the molecule is CC(C)CNCc1ccccc1SC1CCCC(C)C1. The van der Waals surface area contributed by atoms with Crippen LogP contribution >= 0.6 is 11.8 Å². The lowest BCUT2D eigenvalue weighted by molar-refractivity contribution is 0.394. The Balaban J connectivity index is 1.93. The third-order valence-electron chi connectivity index (χ3n) is 4.02. The van der Waals surface area contributed by atoms with Gasteiger partial charge in [0.15, 0.2) is 0 Å². The van der Waals surface area contributed by atoms with Gasteiger partial charge in [0.1, 0.15) is 0 Å². The summed E-state index contributed by atoms with van der Waals surface area (Å²) in [5.74, 6) is 1.63. The molecule has 2 atom stereocenters. The Morgan fingerprint density at radius 3 is 2.80 bits per heavy atom. The lowest BCUT2D eigenvalue weighted by Crippen LogP contribution is -2.20. The molecule has 1 saturated carbocycles. The molecule has 0 aromatic heterocycles. The molecule has 0 aliphatic heterocycles. The smallest absolute Gasteiger partial charge is 0.0216 e. The first-order chi connectivity index (χ1) is 9.65. The van der Waals surface area contributed by atoms with E-state index >= 15 is 0 Å². The van der Waals surface area contributed by atoms with Crippen molar-refractivity contribution >= 4 is 11.8 Å². The molecule has 112 valence electrons. The van der Waals surface area contributed by atoms with E-state index in [4.69, 9.17) is 0 Å². The highest BCUT2D eigenvalue weighted by molar-refractivity contribution is 8.00. The van der Waals surface area contributed by atoms with Gasteiger partial charge < -0.3 is 5.32 Å². The van der Waals surface area contributed by atoms with Gasteiger partial charge in [0.25, 0.3) is 0 Å². The van der Waals surface area contributed by atoms with Gasteiger partial charge >= 0.3 is 0 Å². The van der Waals surface area contributed by atoms with E-state index in [2.05, 4.69) is 62.1 Å². The van der Waals surface area contributed by atoms with Crippen molar-refractivity contribution in [1.82, 2.24) is 5.32 Å². The number of hydrogen-bond donors (Lipinski definition) is 1. The van der Waals surface area contributed by atoms with Crippen LogP contribution in [0.1, 0.15) is 52.0 Å². The van der Waals surface area contributed by atoms with Gasteiger partial charge in [0.2, 0.25) is 0 Å². The summed E-state index contributed by atoms with van der Waals surface area (Å²) in [6.07, 6.45) is 5.61. The summed E-state index contributed by atoms with van der Waals surface area (Å²) in [5.41, 5.74) is 1.47. The number of rotatable bonds is 6. The molecule has 1 aromatic rings. The first kappa shape index (κ1) is 15.9. The molecule has 2 rings (SSSR count). The molecule has 1 fully saturated rings. The van der Waals surface area contributed by atoms with Gasteiger partial charge in [0, 0.05) is 16.7 Å². The summed E-state index contributed by atoms with van der Waals surface area (Å²) < 4.78 is 0. The molecule has 0 radical (unpaired) electrons. The van der Waals surface area contributed by atoms with E-state index in [-0.39, 0.29) is 0 Å². The second-order valence-electron chi connectivity index (χ2n) is 6.64. The normalized spacial score (nSPS) is 23.2.